The van der Waals surface area contributed by atoms with Crippen LogP contribution in [0.4, 0.5) is 0 Å². The molecule has 1 aromatic carbocycles. The number of halogens is 2. The van der Waals surface area contributed by atoms with E-state index in [-0.39, 0.29) is 24.9 Å². The van der Waals surface area contributed by atoms with Gasteiger partial charge in [0.05, 0.1) is 17.0 Å². The van der Waals surface area contributed by atoms with E-state index in [1.807, 2.05) is 0 Å². The molecular weight excluding hydrogens is 374 g/mol. The van der Waals surface area contributed by atoms with E-state index in [9.17, 15) is 9.59 Å². The average Bonchev–Trinajstić information content (AvgIpc) is 2.50. The van der Waals surface area contributed by atoms with E-state index in [0.29, 0.717) is 36.6 Å². The molecule has 0 aromatic heterocycles. The number of benzene rings is 1. The van der Waals surface area contributed by atoms with Crippen LogP contribution in [0.15, 0.2) is 22.7 Å². The summed E-state index contributed by atoms with van der Waals surface area (Å²) >= 11 is 9.46. The summed E-state index contributed by atoms with van der Waals surface area (Å²) in [4.78, 5) is 25.3. The predicted molar refractivity (Wildman–Crippen MR) is 86.3 cm³/mol. The van der Waals surface area contributed by atoms with E-state index in [1.54, 1.807) is 23.1 Å². The van der Waals surface area contributed by atoms with E-state index in [0.717, 1.165) is 4.47 Å². The van der Waals surface area contributed by atoms with E-state index in [4.69, 9.17) is 21.4 Å². The number of carbonyl (C=O) groups is 2. The number of amides is 1. The fourth-order valence-electron chi connectivity index (χ4n) is 2.48. The van der Waals surface area contributed by atoms with E-state index in [2.05, 4.69) is 15.9 Å². The van der Waals surface area contributed by atoms with Gasteiger partial charge >= 0.3 is 5.97 Å². The van der Waals surface area contributed by atoms with Crippen molar-refractivity contribution >= 4 is 39.4 Å². The molecule has 1 aliphatic rings. The van der Waals surface area contributed by atoms with Crippen LogP contribution in [0.25, 0.3) is 0 Å². The third-order valence-corrected chi connectivity index (χ3v) is 4.44. The van der Waals surface area contributed by atoms with E-state index < -0.39 is 5.97 Å². The van der Waals surface area contributed by atoms with Gasteiger partial charge in [-0.1, -0.05) is 27.5 Å². The van der Waals surface area contributed by atoms with Crippen LogP contribution >= 0.6 is 27.5 Å². The van der Waals surface area contributed by atoms with E-state index >= 15 is 0 Å². The summed E-state index contributed by atoms with van der Waals surface area (Å²) in [6, 6.07) is 5.06. The fourth-order valence-corrected chi connectivity index (χ4v) is 3.04. The summed E-state index contributed by atoms with van der Waals surface area (Å²) in [6.07, 6.45) is 1.32. The van der Waals surface area contributed by atoms with Crippen molar-refractivity contribution in [2.75, 3.05) is 19.8 Å². The molecule has 1 fully saturated rings. The maximum Gasteiger partial charge on any atom is 0.305 e. The van der Waals surface area contributed by atoms with Crippen molar-refractivity contribution in [1.82, 2.24) is 4.90 Å². The van der Waals surface area contributed by atoms with Crippen LogP contribution in [0.3, 0.4) is 0 Å². The molecule has 0 aliphatic carbocycles. The minimum absolute atomic E-state index is 0.0179. The lowest BCUT2D eigenvalue weighted by molar-refractivity contribution is -0.137. The summed E-state index contributed by atoms with van der Waals surface area (Å²) in [5.74, 6) is -1.16. The van der Waals surface area contributed by atoms with Crippen LogP contribution in [0.1, 0.15) is 29.6 Å². The number of carboxylic acid groups (broad SMARTS) is 1. The molecular formula is C15H17BrClNO4. The van der Waals surface area contributed by atoms with Crippen molar-refractivity contribution in [2.45, 2.75) is 25.3 Å². The Morgan fingerprint density at radius 2 is 2.05 bits per heavy atom. The van der Waals surface area contributed by atoms with Crippen LogP contribution in [0.5, 0.6) is 0 Å². The normalized spacial score (nSPS) is 15.5. The quantitative estimate of drug-likeness (QED) is 0.838. The average molecular weight is 391 g/mol. The van der Waals surface area contributed by atoms with Gasteiger partial charge in [-0.2, -0.15) is 0 Å². The van der Waals surface area contributed by atoms with Gasteiger partial charge in [-0.05, 0) is 31.0 Å². The van der Waals surface area contributed by atoms with Gasteiger partial charge in [0.1, 0.15) is 0 Å². The SMILES string of the molecule is O=C(O)CCN(C(=O)c1cc(Br)ccc1Cl)C1CCOCC1. The second-order valence-electron chi connectivity index (χ2n) is 5.11. The van der Waals surface area contributed by atoms with Gasteiger partial charge in [-0.3, -0.25) is 9.59 Å². The summed E-state index contributed by atoms with van der Waals surface area (Å²) in [6.45, 7) is 1.32. The molecule has 0 unspecified atom stereocenters. The van der Waals surface area contributed by atoms with Crippen LogP contribution in [0.2, 0.25) is 5.02 Å². The highest BCUT2D eigenvalue weighted by Gasteiger charge is 2.28. The Bertz CT molecular complexity index is 560. The van der Waals surface area contributed by atoms with Crippen LogP contribution in [-0.4, -0.2) is 47.7 Å². The Balaban J connectivity index is 2.23. The minimum atomic E-state index is -0.926. The number of carbonyl (C=O) groups excluding carboxylic acids is 1. The van der Waals surface area contributed by atoms with E-state index in [1.165, 1.54) is 0 Å². The third-order valence-electron chi connectivity index (χ3n) is 3.62. The zero-order chi connectivity index (χ0) is 16.1. The number of ether oxygens (including phenoxy) is 1. The molecule has 1 aliphatic heterocycles. The second-order valence-corrected chi connectivity index (χ2v) is 6.43. The number of hydrogen-bond donors (Lipinski definition) is 1. The minimum Gasteiger partial charge on any atom is -0.481 e. The Hall–Kier alpha value is -1.11. The van der Waals surface area contributed by atoms with Gasteiger partial charge in [0.25, 0.3) is 5.91 Å². The molecule has 0 radical (unpaired) electrons. The topological polar surface area (TPSA) is 66.8 Å². The zero-order valence-corrected chi connectivity index (χ0v) is 14.3. The first kappa shape index (κ1) is 17.2. The highest BCUT2D eigenvalue weighted by atomic mass is 79.9. The lowest BCUT2D eigenvalue weighted by Crippen LogP contribution is -2.44. The summed E-state index contributed by atoms with van der Waals surface area (Å²) in [7, 11) is 0. The second kappa shape index (κ2) is 7.94. The fraction of sp³-hybridized carbons (Fsp3) is 0.467. The van der Waals surface area contributed by atoms with Crippen molar-refractivity contribution in [1.29, 1.82) is 0 Å². The van der Waals surface area contributed by atoms with Crippen molar-refractivity contribution < 1.29 is 19.4 Å². The molecule has 7 heteroatoms. The standard InChI is InChI=1S/C15H17BrClNO4/c16-10-1-2-13(17)12(9-10)15(21)18(6-3-14(19)20)11-4-7-22-8-5-11/h1-2,9,11H,3-8H2,(H,19,20). The van der Waals surface area contributed by atoms with Gasteiger partial charge in [0.2, 0.25) is 0 Å². The summed E-state index contributed by atoms with van der Waals surface area (Å²) in [5.41, 5.74) is 0.382. The maximum absolute atomic E-state index is 12.8. The Labute approximate surface area is 142 Å². The maximum atomic E-state index is 12.8. The smallest absolute Gasteiger partial charge is 0.305 e. The van der Waals surface area contributed by atoms with Gasteiger partial charge in [0.15, 0.2) is 0 Å². The van der Waals surface area contributed by atoms with Crippen LogP contribution < -0.4 is 0 Å². The molecule has 1 heterocycles. The highest BCUT2D eigenvalue weighted by Crippen LogP contribution is 2.25. The van der Waals surface area contributed by atoms with Gasteiger partial charge in [0, 0.05) is 30.3 Å². The molecule has 120 valence electrons. The molecule has 0 saturated carbocycles. The Morgan fingerprint density at radius 3 is 2.68 bits per heavy atom. The molecule has 1 N–H and O–H groups in total. The molecule has 22 heavy (non-hydrogen) atoms. The first-order valence-corrected chi connectivity index (χ1v) is 8.21. The molecule has 1 saturated heterocycles. The Morgan fingerprint density at radius 1 is 1.36 bits per heavy atom. The number of rotatable bonds is 5. The summed E-state index contributed by atoms with van der Waals surface area (Å²) in [5, 5.41) is 9.28. The molecule has 0 spiro atoms. The molecule has 1 aromatic rings. The first-order valence-electron chi connectivity index (χ1n) is 7.04. The molecule has 0 atom stereocenters. The summed E-state index contributed by atoms with van der Waals surface area (Å²) < 4.78 is 6.07. The molecule has 0 bridgehead atoms. The van der Waals surface area contributed by atoms with Gasteiger partial charge < -0.3 is 14.7 Å². The van der Waals surface area contributed by atoms with Crippen molar-refractivity contribution in [3.63, 3.8) is 0 Å². The Kier molecular flexibility index (Phi) is 6.23. The lowest BCUT2D eigenvalue weighted by Gasteiger charge is -2.34. The lowest BCUT2D eigenvalue weighted by atomic mass is 10.0. The predicted octanol–water partition coefficient (Wildman–Crippen LogP) is 3.20. The van der Waals surface area contributed by atoms with Crippen molar-refractivity contribution in [3.05, 3.63) is 33.3 Å². The third kappa shape index (κ3) is 4.44. The highest BCUT2D eigenvalue weighted by molar-refractivity contribution is 9.10. The number of carboxylic acids is 1. The first-order chi connectivity index (χ1) is 10.5. The number of aliphatic carboxylic acids is 1. The van der Waals surface area contributed by atoms with Crippen molar-refractivity contribution in [2.24, 2.45) is 0 Å². The largest absolute Gasteiger partial charge is 0.481 e. The van der Waals surface area contributed by atoms with Crippen LogP contribution in [0, 0.1) is 0 Å². The zero-order valence-electron chi connectivity index (χ0n) is 11.9. The van der Waals surface area contributed by atoms with Crippen LogP contribution in [-0.2, 0) is 9.53 Å². The molecule has 1 amide bonds. The molecule has 5 nitrogen and oxygen atoms in total. The van der Waals surface area contributed by atoms with Crippen molar-refractivity contribution in [3.8, 4) is 0 Å². The monoisotopic (exact) mass is 389 g/mol. The number of hydrogen-bond acceptors (Lipinski definition) is 3. The number of nitrogens with zero attached hydrogens (tertiary/aromatic N) is 1. The van der Waals surface area contributed by atoms with Gasteiger partial charge in [-0.25, -0.2) is 0 Å². The van der Waals surface area contributed by atoms with Gasteiger partial charge in [-0.15, -0.1) is 0 Å². The molecule has 2 rings (SSSR count).